The highest BCUT2D eigenvalue weighted by Gasteiger charge is 2.16. The summed E-state index contributed by atoms with van der Waals surface area (Å²) in [5, 5.41) is 14.0. The third-order valence-corrected chi connectivity index (χ3v) is 4.68. The van der Waals surface area contributed by atoms with Gasteiger partial charge < -0.3 is 10.1 Å². The van der Waals surface area contributed by atoms with Crippen molar-refractivity contribution in [2.24, 2.45) is 0 Å². The lowest BCUT2D eigenvalue weighted by atomic mass is 10.2. The summed E-state index contributed by atoms with van der Waals surface area (Å²) in [7, 11) is 0. The monoisotopic (exact) mass is 391 g/mol. The fraction of sp³-hybridized carbons (Fsp3) is 0.0625. The molecule has 3 rings (SSSR count). The highest BCUT2D eigenvalue weighted by atomic mass is 35.5. The SMILES string of the molecule is O=C(COC(=O)c1cc2cc([N+](=O)[O-])ccc2s1)Nc1cccnc1Cl. The number of nitrogens with one attached hydrogen (secondary N) is 1. The van der Waals surface area contributed by atoms with Crippen LogP contribution in [0.4, 0.5) is 11.4 Å². The second-order valence-corrected chi connectivity index (χ2v) is 6.50. The normalized spacial score (nSPS) is 10.5. The molecule has 26 heavy (non-hydrogen) atoms. The van der Waals surface area contributed by atoms with E-state index < -0.39 is 23.4 Å². The van der Waals surface area contributed by atoms with E-state index in [0.717, 1.165) is 11.3 Å². The van der Waals surface area contributed by atoms with Crippen molar-refractivity contribution in [1.82, 2.24) is 4.98 Å². The average molecular weight is 392 g/mol. The molecular weight excluding hydrogens is 382 g/mol. The van der Waals surface area contributed by atoms with E-state index in [0.29, 0.717) is 15.8 Å². The third kappa shape index (κ3) is 3.95. The van der Waals surface area contributed by atoms with E-state index in [1.165, 1.54) is 24.4 Å². The molecule has 10 heteroatoms. The Balaban J connectivity index is 1.64. The minimum Gasteiger partial charge on any atom is -0.451 e. The third-order valence-electron chi connectivity index (χ3n) is 3.28. The van der Waals surface area contributed by atoms with Crippen LogP contribution in [0.15, 0.2) is 42.6 Å². The molecule has 0 aliphatic carbocycles. The van der Waals surface area contributed by atoms with E-state index in [1.54, 1.807) is 18.2 Å². The molecular formula is C16H10ClN3O5S. The lowest BCUT2D eigenvalue weighted by Gasteiger charge is -2.06. The van der Waals surface area contributed by atoms with Gasteiger partial charge in [-0.3, -0.25) is 14.9 Å². The van der Waals surface area contributed by atoms with Gasteiger partial charge in [0.25, 0.3) is 11.6 Å². The number of nitrogens with zero attached hydrogens (tertiary/aromatic N) is 2. The van der Waals surface area contributed by atoms with E-state index >= 15 is 0 Å². The number of hydrogen-bond acceptors (Lipinski definition) is 7. The van der Waals surface area contributed by atoms with Crippen LogP contribution in [0.1, 0.15) is 9.67 Å². The number of non-ortho nitro benzene ring substituents is 1. The predicted molar refractivity (Wildman–Crippen MR) is 96.6 cm³/mol. The molecule has 0 unspecified atom stereocenters. The lowest BCUT2D eigenvalue weighted by Crippen LogP contribution is -2.20. The van der Waals surface area contributed by atoms with Crippen LogP contribution in [0.5, 0.6) is 0 Å². The van der Waals surface area contributed by atoms with E-state index in [2.05, 4.69) is 10.3 Å². The molecule has 3 aromatic rings. The maximum Gasteiger partial charge on any atom is 0.348 e. The number of fused-ring (bicyclic) bond motifs is 1. The molecule has 0 saturated carbocycles. The number of halogens is 1. The van der Waals surface area contributed by atoms with Gasteiger partial charge in [-0.1, -0.05) is 11.6 Å². The Morgan fingerprint density at radius 3 is 2.85 bits per heavy atom. The van der Waals surface area contributed by atoms with Gasteiger partial charge in [-0.05, 0) is 24.3 Å². The number of carbonyl (C=O) groups is 2. The van der Waals surface area contributed by atoms with E-state index in [1.807, 2.05) is 0 Å². The molecule has 132 valence electrons. The molecule has 0 radical (unpaired) electrons. The van der Waals surface area contributed by atoms with Gasteiger partial charge in [0.2, 0.25) is 0 Å². The minimum absolute atomic E-state index is 0.0667. The van der Waals surface area contributed by atoms with Crippen LogP contribution in [0.25, 0.3) is 10.1 Å². The molecule has 0 spiro atoms. The number of hydrogen-bond donors (Lipinski definition) is 1. The minimum atomic E-state index is -0.693. The molecule has 0 fully saturated rings. The first kappa shape index (κ1) is 17.8. The number of thiophene rings is 1. The Bertz CT molecular complexity index is 1020. The highest BCUT2D eigenvalue weighted by molar-refractivity contribution is 7.20. The first-order chi connectivity index (χ1) is 12.4. The summed E-state index contributed by atoms with van der Waals surface area (Å²) in [4.78, 5) is 38.3. The molecule has 8 nitrogen and oxygen atoms in total. The fourth-order valence-corrected chi connectivity index (χ4v) is 3.22. The summed E-state index contributed by atoms with van der Waals surface area (Å²) in [6.07, 6.45) is 1.48. The maximum atomic E-state index is 12.1. The first-order valence-electron chi connectivity index (χ1n) is 7.19. The average Bonchev–Trinajstić information content (AvgIpc) is 3.05. The van der Waals surface area contributed by atoms with Crippen molar-refractivity contribution < 1.29 is 19.2 Å². The Morgan fingerprint density at radius 1 is 1.31 bits per heavy atom. The Morgan fingerprint density at radius 2 is 2.12 bits per heavy atom. The summed E-state index contributed by atoms with van der Waals surface area (Å²) in [6, 6.07) is 8.95. The predicted octanol–water partition coefficient (Wildman–Crippen LogP) is 3.65. The molecule has 0 saturated heterocycles. The summed E-state index contributed by atoms with van der Waals surface area (Å²) in [6.45, 7) is -0.502. The summed E-state index contributed by atoms with van der Waals surface area (Å²) in [5.41, 5.74) is 0.243. The number of rotatable bonds is 5. The zero-order valence-electron chi connectivity index (χ0n) is 13.0. The van der Waals surface area contributed by atoms with Gasteiger partial charge in [-0.15, -0.1) is 11.3 Å². The van der Waals surface area contributed by atoms with Gasteiger partial charge in [0.1, 0.15) is 4.88 Å². The van der Waals surface area contributed by atoms with E-state index in [-0.39, 0.29) is 15.7 Å². The van der Waals surface area contributed by atoms with Crippen molar-refractivity contribution in [3.05, 3.63) is 62.7 Å². The molecule has 1 amide bonds. The van der Waals surface area contributed by atoms with Crippen molar-refractivity contribution in [1.29, 1.82) is 0 Å². The molecule has 1 N–H and O–H groups in total. The van der Waals surface area contributed by atoms with Crippen LogP contribution >= 0.6 is 22.9 Å². The van der Waals surface area contributed by atoms with E-state index in [4.69, 9.17) is 16.3 Å². The Kier molecular flexibility index (Phi) is 5.10. The molecule has 1 aromatic carbocycles. The molecule has 0 atom stereocenters. The number of ether oxygens (including phenoxy) is 1. The quantitative estimate of drug-likeness (QED) is 0.307. The fourth-order valence-electron chi connectivity index (χ4n) is 2.11. The molecule has 2 aromatic heterocycles. The van der Waals surface area contributed by atoms with Crippen molar-refractivity contribution in [2.45, 2.75) is 0 Å². The molecule has 0 aliphatic rings. The van der Waals surface area contributed by atoms with Crippen LogP contribution in [-0.4, -0.2) is 28.4 Å². The number of amides is 1. The number of esters is 1. The largest absolute Gasteiger partial charge is 0.451 e. The van der Waals surface area contributed by atoms with Gasteiger partial charge >= 0.3 is 5.97 Å². The Labute approximate surface area is 155 Å². The number of nitro groups is 1. The standard InChI is InChI=1S/C16H10ClN3O5S/c17-15-11(2-1-5-18-15)19-14(21)8-25-16(22)13-7-9-6-10(20(23)24)3-4-12(9)26-13/h1-7H,8H2,(H,19,21). The Hall–Kier alpha value is -3.04. The second kappa shape index (κ2) is 7.46. The van der Waals surface area contributed by atoms with Gasteiger partial charge in [0.05, 0.1) is 10.6 Å². The molecule has 0 bridgehead atoms. The van der Waals surface area contributed by atoms with Gasteiger partial charge in [-0.25, -0.2) is 9.78 Å². The van der Waals surface area contributed by atoms with Crippen molar-refractivity contribution >= 4 is 56.3 Å². The van der Waals surface area contributed by atoms with E-state index in [9.17, 15) is 19.7 Å². The topological polar surface area (TPSA) is 111 Å². The van der Waals surface area contributed by atoms with Crippen LogP contribution < -0.4 is 5.32 Å². The number of carbonyl (C=O) groups excluding carboxylic acids is 2. The van der Waals surface area contributed by atoms with Gasteiger partial charge in [0.15, 0.2) is 11.8 Å². The smallest absolute Gasteiger partial charge is 0.348 e. The molecule has 0 aliphatic heterocycles. The zero-order chi connectivity index (χ0) is 18.7. The number of anilines is 1. The van der Waals surface area contributed by atoms with Gasteiger partial charge in [-0.2, -0.15) is 0 Å². The highest BCUT2D eigenvalue weighted by Crippen LogP contribution is 2.29. The number of nitro benzene ring substituents is 1. The van der Waals surface area contributed by atoms with Crippen molar-refractivity contribution in [3.63, 3.8) is 0 Å². The molecule has 2 heterocycles. The summed E-state index contributed by atoms with van der Waals surface area (Å²) < 4.78 is 5.67. The maximum absolute atomic E-state index is 12.1. The first-order valence-corrected chi connectivity index (χ1v) is 8.39. The van der Waals surface area contributed by atoms with Crippen LogP contribution in [0, 0.1) is 10.1 Å². The van der Waals surface area contributed by atoms with Crippen molar-refractivity contribution in [3.8, 4) is 0 Å². The van der Waals surface area contributed by atoms with Gasteiger partial charge in [0, 0.05) is 28.4 Å². The number of benzene rings is 1. The number of pyridine rings is 1. The second-order valence-electron chi connectivity index (χ2n) is 5.06. The summed E-state index contributed by atoms with van der Waals surface area (Å²) in [5.74, 6) is -1.26. The van der Waals surface area contributed by atoms with Crippen LogP contribution in [0.3, 0.4) is 0 Å². The van der Waals surface area contributed by atoms with Crippen LogP contribution in [0.2, 0.25) is 5.15 Å². The lowest BCUT2D eigenvalue weighted by molar-refractivity contribution is -0.384. The summed E-state index contributed by atoms with van der Waals surface area (Å²) >= 11 is 6.95. The van der Waals surface area contributed by atoms with Crippen molar-refractivity contribution in [2.75, 3.05) is 11.9 Å². The van der Waals surface area contributed by atoms with Crippen LogP contribution in [-0.2, 0) is 9.53 Å². The zero-order valence-corrected chi connectivity index (χ0v) is 14.5. The number of aromatic nitrogens is 1.